The van der Waals surface area contributed by atoms with E-state index < -0.39 is 36.9 Å². The molecule has 0 unspecified atom stereocenters. The molecule has 0 aliphatic heterocycles. The first-order valence-corrected chi connectivity index (χ1v) is 15.0. The molecule has 12 heteroatoms. The van der Waals surface area contributed by atoms with Crippen LogP contribution in [0.1, 0.15) is 76.1 Å². The second kappa shape index (κ2) is 14.8. The van der Waals surface area contributed by atoms with Crippen molar-refractivity contribution < 1.29 is 38.1 Å². The quantitative estimate of drug-likeness (QED) is 0.162. The van der Waals surface area contributed by atoms with E-state index >= 15 is 0 Å². The summed E-state index contributed by atoms with van der Waals surface area (Å²) in [6.45, 7) is 6.80. The zero-order chi connectivity index (χ0) is 32.7. The number of hydrogen-bond acceptors (Lipinski definition) is 10. The molecule has 3 heterocycles. The van der Waals surface area contributed by atoms with Gasteiger partial charge in [0.05, 0.1) is 17.3 Å². The third kappa shape index (κ3) is 9.01. The highest BCUT2D eigenvalue weighted by Crippen LogP contribution is 2.41. The monoisotopic (exact) mass is 626 g/mol. The number of aliphatic hydroxyl groups excluding tert-OH is 1. The average Bonchev–Trinajstić information content (AvgIpc) is 3.00. The Kier molecular flexibility index (Phi) is 11.2. The number of rotatable bonds is 12. The lowest BCUT2D eigenvalue weighted by Gasteiger charge is -2.37. The fraction of sp³-hybridized carbons (Fsp3) is 0.485. The van der Waals surface area contributed by atoms with E-state index in [1.54, 1.807) is 25.3 Å². The number of halogens is 2. The van der Waals surface area contributed by atoms with Crippen molar-refractivity contribution >= 4 is 23.6 Å². The predicted molar refractivity (Wildman–Crippen MR) is 162 cm³/mol. The Morgan fingerprint density at radius 1 is 1.04 bits per heavy atom. The fourth-order valence-corrected chi connectivity index (χ4v) is 5.51. The molecule has 1 aliphatic rings. The molecule has 1 fully saturated rings. The lowest BCUT2D eigenvalue weighted by molar-refractivity contribution is -0.177. The molecule has 0 aromatic carbocycles. The van der Waals surface area contributed by atoms with Crippen LogP contribution in [-0.4, -0.2) is 50.0 Å². The van der Waals surface area contributed by atoms with Crippen LogP contribution in [0.3, 0.4) is 0 Å². The molecule has 3 aromatic rings. The summed E-state index contributed by atoms with van der Waals surface area (Å²) in [4.78, 5) is 37.6. The van der Waals surface area contributed by atoms with Crippen LogP contribution < -0.4 is 5.32 Å². The van der Waals surface area contributed by atoms with Gasteiger partial charge in [-0.1, -0.05) is 13.8 Å². The maximum absolute atomic E-state index is 13.1. The minimum absolute atomic E-state index is 0.115. The number of aliphatic hydroxyl groups is 2. The van der Waals surface area contributed by atoms with E-state index in [0.717, 1.165) is 5.56 Å². The van der Waals surface area contributed by atoms with Gasteiger partial charge in [0.25, 0.3) is 6.43 Å². The highest BCUT2D eigenvalue weighted by Gasteiger charge is 2.39. The smallest absolute Gasteiger partial charge is 0.337 e. The molecule has 0 spiro atoms. The van der Waals surface area contributed by atoms with Crippen LogP contribution in [0.15, 0.2) is 48.8 Å². The highest BCUT2D eigenvalue weighted by atomic mass is 19.3. The molecule has 242 valence electrons. The van der Waals surface area contributed by atoms with Gasteiger partial charge in [-0.25, -0.2) is 23.5 Å². The Morgan fingerprint density at radius 3 is 2.42 bits per heavy atom. The van der Waals surface area contributed by atoms with Crippen LogP contribution in [0.2, 0.25) is 0 Å². The molecule has 10 nitrogen and oxygen atoms in total. The first-order chi connectivity index (χ1) is 21.3. The van der Waals surface area contributed by atoms with Crippen molar-refractivity contribution in [3.05, 3.63) is 65.6 Å². The SMILES string of the molecule is Cc1cc(Nc2cc(C(F)F)ccn2)nc(-c2ccc([C@](C)(O)[C@H]3CC[C@H](C(=O)OCOC(=O)[C@@H](O)CC(C)C)CC3)nc2)c1. The van der Waals surface area contributed by atoms with Crippen molar-refractivity contribution in [1.82, 2.24) is 15.0 Å². The van der Waals surface area contributed by atoms with Crippen molar-refractivity contribution in [2.45, 2.75) is 77.9 Å². The van der Waals surface area contributed by atoms with E-state index in [0.29, 0.717) is 48.5 Å². The van der Waals surface area contributed by atoms with Gasteiger partial charge in [-0.2, -0.15) is 0 Å². The summed E-state index contributed by atoms with van der Waals surface area (Å²) in [7, 11) is 0. The van der Waals surface area contributed by atoms with Gasteiger partial charge in [-0.05, 0) is 99.7 Å². The second-order valence-corrected chi connectivity index (χ2v) is 12.1. The van der Waals surface area contributed by atoms with Crippen LogP contribution in [0.4, 0.5) is 20.4 Å². The maximum Gasteiger partial charge on any atom is 0.337 e. The Hall–Kier alpha value is -4.03. The van der Waals surface area contributed by atoms with Gasteiger partial charge in [0.1, 0.15) is 17.2 Å². The van der Waals surface area contributed by atoms with Crippen LogP contribution in [0.5, 0.6) is 0 Å². The molecule has 0 amide bonds. The normalized spacial score (nSPS) is 18.7. The van der Waals surface area contributed by atoms with Crippen molar-refractivity contribution in [2.75, 3.05) is 12.1 Å². The number of aromatic nitrogens is 3. The molecule has 45 heavy (non-hydrogen) atoms. The van der Waals surface area contributed by atoms with E-state index in [1.165, 1.54) is 18.3 Å². The summed E-state index contributed by atoms with van der Waals surface area (Å²) < 4.78 is 36.2. The number of nitrogens with one attached hydrogen (secondary N) is 1. The third-order valence-corrected chi connectivity index (χ3v) is 8.06. The molecule has 2 atom stereocenters. The van der Waals surface area contributed by atoms with Crippen molar-refractivity contribution in [3.8, 4) is 11.3 Å². The number of hydrogen-bond donors (Lipinski definition) is 3. The number of nitrogens with zero attached hydrogens (tertiary/aromatic N) is 3. The number of pyridine rings is 3. The Bertz CT molecular complexity index is 1460. The van der Waals surface area contributed by atoms with E-state index in [4.69, 9.17) is 9.47 Å². The molecular formula is C33H40F2N4O6. The predicted octanol–water partition coefficient (Wildman–Crippen LogP) is 5.99. The maximum atomic E-state index is 13.1. The van der Waals surface area contributed by atoms with E-state index in [1.807, 2.05) is 32.9 Å². The fourth-order valence-electron chi connectivity index (χ4n) is 5.51. The number of ether oxygens (including phenoxy) is 2. The molecular weight excluding hydrogens is 586 g/mol. The van der Waals surface area contributed by atoms with E-state index in [9.17, 15) is 28.6 Å². The molecule has 3 aromatic heterocycles. The number of anilines is 2. The summed E-state index contributed by atoms with van der Waals surface area (Å²) in [5.74, 6) is -1.01. The van der Waals surface area contributed by atoms with Gasteiger partial charge < -0.3 is 25.0 Å². The minimum Gasteiger partial charge on any atom is -0.428 e. The number of carbonyl (C=O) groups is 2. The Labute approximate surface area is 261 Å². The molecule has 1 saturated carbocycles. The van der Waals surface area contributed by atoms with Crippen LogP contribution in [-0.2, 0) is 24.7 Å². The first kappa shape index (κ1) is 33.9. The Morgan fingerprint density at radius 2 is 1.78 bits per heavy atom. The first-order valence-electron chi connectivity index (χ1n) is 15.0. The number of alkyl halides is 2. The summed E-state index contributed by atoms with van der Waals surface area (Å²) in [5, 5.41) is 24.3. The van der Waals surface area contributed by atoms with Gasteiger partial charge in [0, 0.05) is 23.5 Å². The second-order valence-electron chi connectivity index (χ2n) is 12.1. The van der Waals surface area contributed by atoms with Crippen LogP contribution in [0.25, 0.3) is 11.3 Å². The summed E-state index contributed by atoms with van der Waals surface area (Å²) in [6, 6.07) is 9.77. The summed E-state index contributed by atoms with van der Waals surface area (Å²) in [5.41, 5.74) is 1.31. The zero-order valence-corrected chi connectivity index (χ0v) is 25.9. The topological polar surface area (TPSA) is 144 Å². The van der Waals surface area contributed by atoms with Crippen molar-refractivity contribution in [1.29, 1.82) is 0 Å². The van der Waals surface area contributed by atoms with Gasteiger partial charge in [-0.15, -0.1) is 0 Å². The van der Waals surface area contributed by atoms with Gasteiger partial charge >= 0.3 is 11.9 Å². The van der Waals surface area contributed by atoms with Crippen LogP contribution >= 0.6 is 0 Å². The number of esters is 2. The average molecular weight is 627 g/mol. The molecule has 4 rings (SSSR count). The molecule has 0 saturated heterocycles. The molecule has 1 aliphatic carbocycles. The Balaban J connectivity index is 1.33. The standard InChI is InChI=1S/C33H40F2N4O6/c1-19(2)13-26(40)32(42)45-18-44-31(41)21-5-8-24(9-6-21)33(4,43)27-10-7-23(17-37-27)25-14-20(3)15-29(38-25)39-28-16-22(30(34)35)11-12-36-28/h7,10-12,14-17,19,21,24,26,30,40,43H,5-6,8-9,13,18H2,1-4H3,(H,36,38,39)/t21-,24-,26-,33+/m0/s1. The molecule has 0 radical (unpaired) electrons. The van der Waals surface area contributed by atoms with E-state index in [2.05, 4.69) is 20.3 Å². The van der Waals surface area contributed by atoms with Gasteiger partial charge in [0.2, 0.25) is 6.79 Å². The highest BCUT2D eigenvalue weighted by molar-refractivity contribution is 5.75. The molecule has 3 N–H and O–H groups in total. The van der Waals surface area contributed by atoms with Crippen LogP contribution in [0, 0.1) is 24.7 Å². The van der Waals surface area contributed by atoms with Gasteiger partial charge in [0.15, 0.2) is 6.10 Å². The van der Waals surface area contributed by atoms with Crippen molar-refractivity contribution in [3.63, 3.8) is 0 Å². The largest absolute Gasteiger partial charge is 0.428 e. The third-order valence-electron chi connectivity index (χ3n) is 8.06. The summed E-state index contributed by atoms with van der Waals surface area (Å²) in [6.07, 6.45) is 1.48. The number of aryl methyl sites for hydroxylation is 1. The molecule has 0 bridgehead atoms. The number of carbonyl (C=O) groups excluding carboxylic acids is 2. The van der Waals surface area contributed by atoms with Gasteiger partial charge in [-0.3, -0.25) is 9.78 Å². The minimum atomic E-state index is -2.61. The van der Waals surface area contributed by atoms with Crippen molar-refractivity contribution in [2.24, 2.45) is 17.8 Å². The lowest BCUT2D eigenvalue weighted by atomic mass is 9.73. The zero-order valence-electron chi connectivity index (χ0n) is 25.9. The van der Waals surface area contributed by atoms with E-state index in [-0.39, 0.29) is 35.6 Å². The lowest BCUT2D eigenvalue weighted by Crippen LogP contribution is -2.37. The summed E-state index contributed by atoms with van der Waals surface area (Å²) >= 11 is 0.